The number of carbonyl (C=O) groups is 1. The lowest BCUT2D eigenvalue weighted by Crippen LogP contribution is -2.26. The van der Waals surface area contributed by atoms with Crippen LogP contribution in [-0.4, -0.2) is 30.3 Å². The summed E-state index contributed by atoms with van der Waals surface area (Å²) in [7, 11) is 2.83. The molecule has 0 spiro atoms. The topological polar surface area (TPSA) is 81.3 Å². The SMILES string of the molecule is COC(=O)c1cc(N(C)N)c(Cl)nn1.Cl. The minimum absolute atomic E-state index is 0. The Labute approximate surface area is 97.7 Å². The molecular formula is C7H10Cl2N4O2. The van der Waals surface area contributed by atoms with Crippen LogP contribution in [0.25, 0.3) is 0 Å². The van der Waals surface area contributed by atoms with Crippen molar-refractivity contribution in [3.05, 3.63) is 16.9 Å². The standard InChI is InChI=1S/C7H9ClN4O2.ClH/c1-12(9)5-3-4(7(13)14-2)10-11-6(5)8;/h3H,9H2,1-2H3;1H. The van der Waals surface area contributed by atoms with Gasteiger partial charge >= 0.3 is 5.97 Å². The van der Waals surface area contributed by atoms with Crippen LogP contribution in [-0.2, 0) is 4.74 Å². The van der Waals surface area contributed by atoms with Crippen molar-refractivity contribution in [3.8, 4) is 0 Å². The Morgan fingerprint density at radius 1 is 1.60 bits per heavy atom. The van der Waals surface area contributed by atoms with E-state index in [-0.39, 0.29) is 23.3 Å². The van der Waals surface area contributed by atoms with Crippen molar-refractivity contribution in [1.82, 2.24) is 10.2 Å². The van der Waals surface area contributed by atoms with Gasteiger partial charge in [0, 0.05) is 13.1 Å². The lowest BCUT2D eigenvalue weighted by atomic mass is 10.3. The maximum absolute atomic E-state index is 11.1. The second-order valence-electron chi connectivity index (χ2n) is 2.51. The Bertz CT molecular complexity index is 359. The van der Waals surface area contributed by atoms with Crippen LogP contribution < -0.4 is 10.9 Å². The highest BCUT2D eigenvalue weighted by Crippen LogP contribution is 2.20. The maximum atomic E-state index is 11.1. The highest BCUT2D eigenvalue weighted by molar-refractivity contribution is 6.32. The number of aromatic nitrogens is 2. The van der Waals surface area contributed by atoms with Gasteiger partial charge in [0.2, 0.25) is 0 Å². The third-order valence-corrected chi connectivity index (χ3v) is 1.77. The first kappa shape index (κ1) is 13.9. The summed E-state index contributed by atoms with van der Waals surface area (Å²) in [4.78, 5) is 11.1. The first-order chi connectivity index (χ1) is 6.56. The second kappa shape index (κ2) is 5.69. The molecule has 0 radical (unpaired) electrons. The van der Waals surface area contributed by atoms with Gasteiger partial charge in [0.15, 0.2) is 10.8 Å². The van der Waals surface area contributed by atoms with E-state index < -0.39 is 5.97 Å². The molecule has 0 aliphatic heterocycles. The molecule has 1 aromatic rings. The summed E-state index contributed by atoms with van der Waals surface area (Å²) in [5.41, 5.74) is 0.464. The van der Waals surface area contributed by atoms with Crippen LogP contribution in [0.3, 0.4) is 0 Å². The molecule has 1 aromatic heterocycles. The number of nitrogens with zero attached hydrogens (tertiary/aromatic N) is 3. The van der Waals surface area contributed by atoms with E-state index in [4.69, 9.17) is 17.4 Å². The first-order valence-corrected chi connectivity index (χ1v) is 4.04. The largest absolute Gasteiger partial charge is 0.464 e. The highest BCUT2D eigenvalue weighted by Gasteiger charge is 2.13. The lowest BCUT2D eigenvalue weighted by Gasteiger charge is -2.12. The molecule has 0 fully saturated rings. The summed E-state index contributed by atoms with van der Waals surface area (Å²) < 4.78 is 4.47. The molecule has 8 heteroatoms. The highest BCUT2D eigenvalue weighted by atomic mass is 35.5. The van der Waals surface area contributed by atoms with Gasteiger partial charge in [-0.3, -0.25) is 0 Å². The van der Waals surface area contributed by atoms with E-state index in [1.54, 1.807) is 7.05 Å². The molecular weight excluding hydrogens is 243 g/mol. The Balaban J connectivity index is 0.00000196. The van der Waals surface area contributed by atoms with E-state index >= 15 is 0 Å². The summed E-state index contributed by atoms with van der Waals surface area (Å²) >= 11 is 5.69. The Hall–Kier alpha value is -1.11. The van der Waals surface area contributed by atoms with E-state index in [0.717, 1.165) is 0 Å². The van der Waals surface area contributed by atoms with Crippen LogP contribution in [0.4, 0.5) is 5.69 Å². The molecule has 6 nitrogen and oxygen atoms in total. The van der Waals surface area contributed by atoms with Crippen LogP contribution >= 0.6 is 24.0 Å². The number of ether oxygens (including phenoxy) is 1. The van der Waals surface area contributed by atoms with E-state index in [2.05, 4.69) is 14.9 Å². The molecule has 0 unspecified atom stereocenters. The van der Waals surface area contributed by atoms with Gasteiger partial charge in [-0.1, -0.05) is 11.6 Å². The molecule has 0 aromatic carbocycles. The van der Waals surface area contributed by atoms with Crippen molar-refractivity contribution in [1.29, 1.82) is 0 Å². The number of halogens is 2. The molecule has 15 heavy (non-hydrogen) atoms. The number of carbonyl (C=O) groups excluding carboxylic acids is 1. The van der Waals surface area contributed by atoms with Crippen molar-refractivity contribution in [3.63, 3.8) is 0 Å². The lowest BCUT2D eigenvalue weighted by molar-refractivity contribution is 0.0593. The van der Waals surface area contributed by atoms with Crippen molar-refractivity contribution in [2.24, 2.45) is 5.84 Å². The molecule has 0 saturated carbocycles. The van der Waals surface area contributed by atoms with Gasteiger partial charge in [-0.25, -0.2) is 10.6 Å². The van der Waals surface area contributed by atoms with Gasteiger partial charge in [0.1, 0.15) is 0 Å². The molecule has 0 saturated heterocycles. The quantitative estimate of drug-likeness (QED) is 0.473. The van der Waals surface area contributed by atoms with Gasteiger partial charge < -0.3 is 9.75 Å². The van der Waals surface area contributed by atoms with E-state index in [1.807, 2.05) is 0 Å². The van der Waals surface area contributed by atoms with Crippen molar-refractivity contribution in [2.45, 2.75) is 0 Å². The monoisotopic (exact) mass is 252 g/mol. The summed E-state index contributed by atoms with van der Waals surface area (Å²) in [6.45, 7) is 0. The Kier molecular flexibility index (Phi) is 5.27. The molecule has 2 N–H and O–H groups in total. The fraction of sp³-hybridized carbons (Fsp3) is 0.286. The molecule has 0 atom stereocenters. The minimum Gasteiger partial charge on any atom is -0.464 e. The number of nitrogens with two attached hydrogens (primary N) is 1. The third kappa shape index (κ3) is 3.19. The summed E-state index contributed by atoms with van der Waals surface area (Å²) in [6.07, 6.45) is 0. The Morgan fingerprint density at radius 2 is 2.20 bits per heavy atom. The van der Waals surface area contributed by atoms with E-state index in [0.29, 0.717) is 5.69 Å². The van der Waals surface area contributed by atoms with Gasteiger partial charge in [-0.15, -0.1) is 22.6 Å². The molecule has 0 aliphatic carbocycles. The van der Waals surface area contributed by atoms with Gasteiger partial charge in [0.25, 0.3) is 0 Å². The normalized spacial score (nSPS) is 9.07. The number of esters is 1. The smallest absolute Gasteiger partial charge is 0.358 e. The summed E-state index contributed by atoms with van der Waals surface area (Å²) in [5, 5.41) is 8.48. The maximum Gasteiger partial charge on any atom is 0.358 e. The van der Waals surface area contributed by atoms with E-state index in [1.165, 1.54) is 18.2 Å². The fourth-order valence-corrected chi connectivity index (χ4v) is 1.04. The minimum atomic E-state index is -0.586. The van der Waals surface area contributed by atoms with Crippen LogP contribution in [0, 0.1) is 0 Å². The van der Waals surface area contributed by atoms with Crippen LogP contribution in [0.1, 0.15) is 10.5 Å². The van der Waals surface area contributed by atoms with Gasteiger partial charge in [0.05, 0.1) is 12.8 Å². The zero-order valence-corrected chi connectivity index (χ0v) is 9.67. The second-order valence-corrected chi connectivity index (χ2v) is 2.87. The first-order valence-electron chi connectivity index (χ1n) is 3.66. The number of hydrogen-bond donors (Lipinski definition) is 1. The molecule has 84 valence electrons. The number of hydrazine groups is 1. The summed E-state index contributed by atoms with van der Waals surface area (Å²) in [5.74, 6) is 4.87. The summed E-state index contributed by atoms with van der Waals surface area (Å²) in [6, 6.07) is 1.40. The average molecular weight is 253 g/mol. The van der Waals surface area contributed by atoms with Crippen LogP contribution in [0.5, 0.6) is 0 Å². The van der Waals surface area contributed by atoms with Crippen LogP contribution in [0.15, 0.2) is 6.07 Å². The predicted molar refractivity (Wildman–Crippen MR) is 58.2 cm³/mol. The number of methoxy groups -OCH3 is 1. The number of anilines is 1. The molecule has 1 rings (SSSR count). The van der Waals surface area contributed by atoms with Crippen molar-refractivity contribution >= 4 is 35.7 Å². The average Bonchev–Trinajstić information content (AvgIpc) is 2.17. The van der Waals surface area contributed by atoms with Crippen LogP contribution in [0.2, 0.25) is 5.15 Å². The zero-order valence-electron chi connectivity index (χ0n) is 8.10. The van der Waals surface area contributed by atoms with E-state index in [9.17, 15) is 4.79 Å². The molecule has 0 bridgehead atoms. The number of hydrogen-bond acceptors (Lipinski definition) is 6. The molecule has 0 aliphatic rings. The number of rotatable bonds is 2. The molecule has 1 heterocycles. The van der Waals surface area contributed by atoms with Gasteiger partial charge in [-0.2, -0.15) is 0 Å². The Morgan fingerprint density at radius 3 is 2.67 bits per heavy atom. The zero-order chi connectivity index (χ0) is 10.7. The van der Waals surface area contributed by atoms with Crippen molar-refractivity contribution < 1.29 is 9.53 Å². The third-order valence-electron chi connectivity index (χ3n) is 1.50. The fourth-order valence-electron chi connectivity index (χ4n) is 0.819. The van der Waals surface area contributed by atoms with Crippen molar-refractivity contribution in [2.75, 3.05) is 19.2 Å². The van der Waals surface area contributed by atoms with Gasteiger partial charge in [-0.05, 0) is 0 Å². The molecule has 0 amide bonds. The predicted octanol–water partition coefficient (Wildman–Crippen LogP) is 0.648.